The van der Waals surface area contributed by atoms with Crippen molar-refractivity contribution in [2.24, 2.45) is 17.8 Å². The van der Waals surface area contributed by atoms with Gasteiger partial charge in [0.1, 0.15) is 6.10 Å². The second-order valence-corrected chi connectivity index (χ2v) is 7.37. The van der Waals surface area contributed by atoms with Crippen molar-refractivity contribution >= 4 is 0 Å². The molecule has 128 valence electrons. The maximum Gasteiger partial charge on any atom is 0.172 e. The van der Waals surface area contributed by atoms with E-state index < -0.39 is 18.0 Å². The minimum absolute atomic E-state index is 0.118. The van der Waals surface area contributed by atoms with Gasteiger partial charge in [-0.25, -0.2) is 0 Å². The first-order valence-corrected chi connectivity index (χ1v) is 8.72. The molecule has 3 aliphatic rings. The highest BCUT2D eigenvalue weighted by Crippen LogP contribution is 2.58. The normalized spacial score (nSPS) is 34.3. The van der Waals surface area contributed by atoms with Crippen molar-refractivity contribution in [2.45, 2.75) is 44.7 Å². The number of aliphatic hydroxyl groups excluding tert-OH is 2. The fraction of sp³-hybridized carbons (Fsp3) is 0.600. The van der Waals surface area contributed by atoms with Crippen molar-refractivity contribution < 1.29 is 19.7 Å². The van der Waals surface area contributed by atoms with E-state index in [4.69, 9.17) is 9.47 Å². The molecule has 1 spiro atoms. The Balaban J connectivity index is 1.47. The van der Waals surface area contributed by atoms with Crippen molar-refractivity contribution in [1.82, 2.24) is 0 Å². The maximum atomic E-state index is 10.5. The third-order valence-corrected chi connectivity index (χ3v) is 5.86. The van der Waals surface area contributed by atoms with E-state index in [0.29, 0.717) is 13.2 Å². The number of aryl methyl sites for hydroxylation is 2. The molecule has 0 amide bonds. The first-order valence-electron chi connectivity index (χ1n) is 8.72. The summed E-state index contributed by atoms with van der Waals surface area (Å²) in [4.78, 5) is 0. The summed E-state index contributed by atoms with van der Waals surface area (Å²) in [6, 6.07) is 5.95. The number of aliphatic hydroxyl groups is 2. The van der Waals surface area contributed by atoms with Gasteiger partial charge in [0.05, 0.1) is 19.3 Å². The molecule has 2 aliphatic carbocycles. The summed E-state index contributed by atoms with van der Waals surface area (Å²) >= 11 is 0. The highest BCUT2D eigenvalue weighted by Gasteiger charge is 2.64. The van der Waals surface area contributed by atoms with E-state index >= 15 is 0 Å². The second-order valence-electron chi connectivity index (χ2n) is 7.37. The van der Waals surface area contributed by atoms with E-state index in [2.05, 4.69) is 11.8 Å². The molecule has 24 heavy (non-hydrogen) atoms. The lowest BCUT2D eigenvalue weighted by Gasteiger charge is -2.48. The van der Waals surface area contributed by atoms with Crippen LogP contribution in [0.3, 0.4) is 0 Å². The van der Waals surface area contributed by atoms with Gasteiger partial charge in [0.15, 0.2) is 5.79 Å². The molecule has 5 unspecified atom stereocenters. The van der Waals surface area contributed by atoms with Crippen LogP contribution in [0, 0.1) is 43.4 Å². The van der Waals surface area contributed by atoms with Crippen molar-refractivity contribution in [3.05, 3.63) is 34.9 Å². The van der Waals surface area contributed by atoms with Crippen LogP contribution in [-0.2, 0) is 9.47 Å². The molecule has 1 aliphatic heterocycles. The van der Waals surface area contributed by atoms with Gasteiger partial charge in [-0.05, 0) is 37.3 Å². The Morgan fingerprint density at radius 1 is 1.25 bits per heavy atom. The molecule has 0 radical (unpaired) electrons. The molecular formula is C20H24O4. The van der Waals surface area contributed by atoms with E-state index in [0.717, 1.165) is 24.0 Å². The van der Waals surface area contributed by atoms with Crippen molar-refractivity contribution in [3.63, 3.8) is 0 Å². The van der Waals surface area contributed by atoms with Gasteiger partial charge in [-0.2, -0.15) is 0 Å². The lowest BCUT2D eigenvalue weighted by atomic mass is 9.69. The molecule has 4 heteroatoms. The SMILES string of the molecule is Cc1ccc(C(O)C#CC2CC3C(CC34OCCO4)C2O)c(C)c1. The van der Waals surface area contributed by atoms with Gasteiger partial charge < -0.3 is 19.7 Å². The molecule has 5 atom stereocenters. The summed E-state index contributed by atoms with van der Waals surface area (Å²) < 4.78 is 11.6. The maximum absolute atomic E-state index is 10.5. The molecule has 1 saturated heterocycles. The molecule has 0 aromatic heterocycles. The van der Waals surface area contributed by atoms with Gasteiger partial charge in [-0.1, -0.05) is 35.6 Å². The van der Waals surface area contributed by atoms with Crippen LogP contribution in [0.5, 0.6) is 0 Å². The summed E-state index contributed by atoms with van der Waals surface area (Å²) in [5.41, 5.74) is 3.04. The Kier molecular flexibility index (Phi) is 3.93. The van der Waals surface area contributed by atoms with Crippen molar-refractivity contribution in [2.75, 3.05) is 13.2 Å². The fourth-order valence-corrected chi connectivity index (χ4v) is 4.56. The van der Waals surface area contributed by atoms with Gasteiger partial charge in [-0.15, -0.1) is 0 Å². The monoisotopic (exact) mass is 328 g/mol. The molecule has 3 fully saturated rings. The van der Waals surface area contributed by atoms with Crippen LogP contribution in [0.4, 0.5) is 0 Å². The van der Waals surface area contributed by atoms with Crippen LogP contribution in [0.2, 0.25) is 0 Å². The van der Waals surface area contributed by atoms with E-state index in [9.17, 15) is 10.2 Å². The van der Waals surface area contributed by atoms with Gasteiger partial charge in [-0.3, -0.25) is 0 Å². The molecular weight excluding hydrogens is 304 g/mol. The van der Waals surface area contributed by atoms with Crippen LogP contribution in [0.1, 0.15) is 35.6 Å². The topological polar surface area (TPSA) is 58.9 Å². The number of hydrogen-bond donors (Lipinski definition) is 2. The summed E-state index contributed by atoms with van der Waals surface area (Å²) in [5, 5.41) is 20.9. The molecule has 4 rings (SSSR count). The Morgan fingerprint density at radius 2 is 2.00 bits per heavy atom. The van der Waals surface area contributed by atoms with E-state index in [1.807, 2.05) is 32.0 Å². The zero-order valence-electron chi connectivity index (χ0n) is 14.2. The van der Waals surface area contributed by atoms with Gasteiger partial charge in [0.2, 0.25) is 0 Å². The lowest BCUT2D eigenvalue weighted by molar-refractivity contribution is -0.275. The zero-order valence-corrected chi connectivity index (χ0v) is 14.2. The Morgan fingerprint density at radius 3 is 2.71 bits per heavy atom. The predicted molar refractivity (Wildman–Crippen MR) is 89.0 cm³/mol. The molecule has 4 nitrogen and oxygen atoms in total. The minimum atomic E-state index is -0.816. The highest BCUT2D eigenvalue weighted by atomic mass is 16.7. The average Bonchev–Trinajstić information content (AvgIpc) is 3.11. The third-order valence-electron chi connectivity index (χ3n) is 5.86. The van der Waals surface area contributed by atoms with E-state index in [1.165, 1.54) is 5.56 Å². The van der Waals surface area contributed by atoms with Crippen LogP contribution in [0.25, 0.3) is 0 Å². The Hall–Kier alpha value is -1.38. The summed E-state index contributed by atoms with van der Waals surface area (Å²) in [6.45, 7) is 5.29. The highest BCUT2D eigenvalue weighted by molar-refractivity contribution is 5.36. The van der Waals surface area contributed by atoms with Crippen LogP contribution in [0.15, 0.2) is 18.2 Å². The fourth-order valence-electron chi connectivity index (χ4n) is 4.56. The first-order chi connectivity index (χ1) is 11.5. The second kappa shape index (κ2) is 5.86. The van der Waals surface area contributed by atoms with Gasteiger partial charge in [0, 0.05) is 18.3 Å². The number of fused-ring (bicyclic) bond motifs is 2. The zero-order chi connectivity index (χ0) is 16.9. The summed E-state index contributed by atoms with van der Waals surface area (Å²) in [7, 11) is 0. The number of benzene rings is 1. The van der Waals surface area contributed by atoms with Crippen LogP contribution >= 0.6 is 0 Å². The minimum Gasteiger partial charge on any atom is -0.392 e. The quantitative estimate of drug-likeness (QED) is 0.775. The average molecular weight is 328 g/mol. The van der Waals surface area contributed by atoms with Crippen molar-refractivity contribution in [1.29, 1.82) is 0 Å². The lowest BCUT2D eigenvalue weighted by Crippen LogP contribution is -2.54. The van der Waals surface area contributed by atoms with Crippen molar-refractivity contribution in [3.8, 4) is 11.8 Å². The molecule has 2 N–H and O–H groups in total. The molecule has 2 saturated carbocycles. The summed E-state index contributed by atoms with van der Waals surface area (Å²) in [5.74, 6) is 5.92. The molecule has 1 heterocycles. The van der Waals surface area contributed by atoms with E-state index in [1.54, 1.807) is 0 Å². The van der Waals surface area contributed by atoms with E-state index in [-0.39, 0.29) is 17.8 Å². The smallest absolute Gasteiger partial charge is 0.172 e. The molecule has 1 aromatic carbocycles. The largest absolute Gasteiger partial charge is 0.392 e. The number of ether oxygens (including phenoxy) is 2. The predicted octanol–water partition coefficient (Wildman–Crippen LogP) is 2.10. The molecule has 1 aromatic rings. The van der Waals surface area contributed by atoms with Gasteiger partial charge >= 0.3 is 0 Å². The molecule has 0 bridgehead atoms. The standard InChI is InChI=1S/C20H24O4/c1-12-3-5-15(13(2)9-12)18(21)6-4-14-10-17-16(19(14)22)11-20(17)23-7-8-24-20/h3,5,9,14,16-19,21-22H,7-8,10-11H2,1-2H3. The van der Waals surface area contributed by atoms with Gasteiger partial charge in [0.25, 0.3) is 0 Å². The third kappa shape index (κ3) is 2.48. The number of rotatable bonds is 1. The number of hydrogen-bond acceptors (Lipinski definition) is 4. The first kappa shape index (κ1) is 16.1. The Labute approximate surface area is 142 Å². The van der Waals surface area contributed by atoms with Crippen LogP contribution in [-0.4, -0.2) is 35.3 Å². The Bertz CT molecular complexity index is 695. The summed E-state index contributed by atoms with van der Waals surface area (Å²) in [6.07, 6.45) is 0.269. The van der Waals surface area contributed by atoms with Crippen LogP contribution < -0.4 is 0 Å².